The summed E-state index contributed by atoms with van der Waals surface area (Å²) >= 11 is 0. The van der Waals surface area contributed by atoms with Gasteiger partial charge < -0.3 is 45.2 Å². The second kappa shape index (κ2) is 6.20. The van der Waals surface area contributed by atoms with Crippen LogP contribution < -0.4 is 0 Å². The van der Waals surface area contributed by atoms with E-state index in [0.717, 1.165) is 12.1 Å². The SMILES string of the molecule is O=C(OC1OC(CO)[C@@H](O)C(O)=C1O)c1cc(O)c(O)c(O)c1. The van der Waals surface area contributed by atoms with Crippen LogP contribution in [-0.4, -0.2) is 66.8 Å². The molecule has 1 aromatic rings. The van der Waals surface area contributed by atoms with E-state index in [1.54, 1.807) is 0 Å². The van der Waals surface area contributed by atoms with E-state index in [-0.39, 0.29) is 5.56 Å². The fraction of sp³-hybridized carbons (Fsp3) is 0.308. The molecule has 1 aromatic carbocycles. The van der Waals surface area contributed by atoms with Crippen LogP contribution in [0.1, 0.15) is 10.4 Å². The third-order valence-corrected chi connectivity index (χ3v) is 3.12. The molecule has 0 aliphatic carbocycles. The predicted octanol–water partition coefficient (Wildman–Crippen LogP) is -0.634. The van der Waals surface area contributed by atoms with Crippen LogP contribution in [0.4, 0.5) is 0 Å². The summed E-state index contributed by atoms with van der Waals surface area (Å²) in [5.41, 5.74) is -0.389. The van der Waals surface area contributed by atoms with Gasteiger partial charge in [-0.2, -0.15) is 0 Å². The average Bonchev–Trinajstić information content (AvgIpc) is 2.52. The van der Waals surface area contributed by atoms with Crippen molar-refractivity contribution in [1.82, 2.24) is 0 Å². The van der Waals surface area contributed by atoms with E-state index in [4.69, 9.17) is 14.6 Å². The minimum atomic E-state index is -1.82. The number of esters is 1. The maximum atomic E-state index is 11.9. The molecule has 1 heterocycles. The fourth-order valence-electron chi connectivity index (χ4n) is 1.86. The number of aliphatic hydroxyl groups is 4. The van der Waals surface area contributed by atoms with E-state index in [1.807, 2.05) is 0 Å². The number of benzene rings is 1. The Balaban J connectivity index is 2.23. The van der Waals surface area contributed by atoms with Crippen LogP contribution in [0.2, 0.25) is 0 Å². The molecule has 0 radical (unpaired) electrons. The van der Waals surface area contributed by atoms with E-state index in [9.17, 15) is 35.4 Å². The van der Waals surface area contributed by atoms with Gasteiger partial charge in [-0.1, -0.05) is 0 Å². The summed E-state index contributed by atoms with van der Waals surface area (Å²) in [5, 5.41) is 65.5. The van der Waals surface area contributed by atoms with E-state index in [0.29, 0.717) is 0 Å². The Kier molecular flexibility index (Phi) is 4.50. The van der Waals surface area contributed by atoms with Crippen LogP contribution >= 0.6 is 0 Å². The minimum Gasteiger partial charge on any atom is -0.506 e. The summed E-state index contributed by atoms with van der Waals surface area (Å²) in [5.74, 6) is -5.49. The number of carbonyl (C=O) groups is 1. The highest BCUT2D eigenvalue weighted by molar-refractivity contribution is 5.91. The quantitative estimate of drug-likeness (QED) is 0.279. The summed E-state index contributed by atoms with van der Waals surface area (Å²) < 4.78 is 9.66. The van der Waals surface area contributed by atoms with Gasteiger partial charge in [-0.25, -0.2) is 4.79 Å². The Morgan fingerprint density at radius 3 is 2.17 bits per heavy atom. The zero-order chi connectivity index (χ0) is 17.3. The van der Waals surface area contributed by atoms with Gasteiger partial charge >= 0.3 is 5.97 Å². The summed E-state index contributed by atoms with van der Waals surface area (Å²) in [6.07, 6.45) is -4.86. The molecule has 3 atom stereocenters. The van der Waals surface area contributed by atoms with Gasteiger partial charge in [-0.15, -0.1) is 0 Å². The number of aliphatic hydroxyl groups excluding tert-OH is 4. The largest absolute Gasteiger partial charge is 0.506 e. The molecule has 0 aromatic heterocycles. The third kappa shape index (κ3) is 3.08. The summed E-state index contributed by atoms with van der Waals surface area (Å²) in [4.78, 5) is 11.9. The normalized spacial score (nSPS) is 24.5. The van der Waals surface area contributed by atoms with E-state index >= 15 is 0 Å². The lowest BCUT2D eigenvalue weighted by Gasteiger charge is -2.31. The number of hydrogen-bond acceptors (Lipinski definition) is 10. The Labute approximate surface area is 128 Å². The van der Waals surface area contributed by atoms with Crippen molar-refractivity contribution in [2.45, 2.75) is 18.5 Å². The molecule has 7 N–H and O–H groups in total. The first-order valence-electron chi connectivity index (χ1n) is 6.28. The Morgan fingerprint density at radius 1 is 1.09 bits per heavy atom. The first kappa shape index (κ1) is 16.7. The van der Waals surface area contributed by atoms with Crippen molar-refractivity contribution in [3.63, 3.8) is 0 Å². The van der Waals surface area contributed by atoms with Crippen molar-refractivity contribution in [2.75, 3.05) is 6.61 Å². The van der Waals surface area contributed by atoms with Crippen LogP contribution in [0.15, 0.2) is 23.7 Å². The second-order valence-corrected chi connectivity index (χ2v) is 4.67. The number of rotatable bonds is 3. The van der Waals surface area contributed by atoms with Crippen molar-refractivity contribution in [1.29, 1.82) is 0 Å². The van der Waals surface area contributed by atoms with E-state index in [2.05, 4.69) is 0 Å². The first-order chi connectivity index (χ1) is 10.8. The molecular formula is C13H14O10. The van der Waals surface area contributed by atoms with Gasteiger partial charge in [0.25, 0.3) is 6.29 Å². The van der Waals surface area contributed by atoms with Crippen LogP contribution in [-0.2, 0) is 9.47 Å². The molecule has 2 rings (SSSR count). The third-order valence-electron chi connectivity index (χ3n) is 3.12. The molecule has 10 heteroatoms. The predicted molar refractivity (Wildman–Crippen MR) is 70.9 cm³/mol. The molecule has 0 spiro atoms. The lowest BCUT2D eigenvalue weighted by molar-refractivity contribution is -0.190. The number of aromatic hydroxyl groups is 3. The molecule has 1 aliphatic heterocycles. The maximum Gasteiger partial charge on any atom is 0.341 e. The highest BCUT2D eigenvalue weighted by atomic mass is 16.7. The lowest BCUT2D eigenvalue weighted by atomic mass is 10.1. The zero-order valence-electron chi connectivity index (χ0n) is 11.4. The molecule has 0 fully saturated rings. The van der Waals surface area contributed by atoms with Gasteiger partial charge in [0.2, 0.25) is 5.76 Å². The fourth-order valence-corrected chi connectivity index (χ4v) is 1.86. The van der Waals surface area contributed by atoms with Crippen LogP contribution in [0.3, 0.4) is 0 Å². The number of ether oxygens (including phenoxy) is 2. The van der Waals surface area contributed by atoms with Gasteiger partial charge in [0.05, 0.1) is 12.2 Å². The summed E-state index contributed by atoms with van der Waals surface area (Å²) in [6.45, 7) is -0.729. The monoisotopic (exact) mass is 330 g/mol. The first-order valence-corrected chi connectivity index (χ1v) is 6.28. The molecule has 1 aliphatic rings. The van der Waals surface area contributed by atoms with E-state index < -0.39 is 59.8 Å². The second-order valence-electron chi connectivity index (χ2n) is 4.67. The summed E-state index contributed by atoms with van der Waals surface area (Å²) in [7, 11) is 0. The van der Waals surface area contributed by atoms with Gasteiger partial charge in [0, 0.05) is 0 Å². The molecule has 0 saturated carbocycles. The standard InChI is InChI=1S/C13H14O10/c14-3-7-9(18)10(19)11(20)13(22-7)23-12(21)4-1-5(15)8(17)6(16)2-4/h1-2,7,9,13-20H,3H2/t7?,9-,13?/m1/s1. The van der Waals surface area contributed by atoms with Crippen LogP contribution in [0.5, 0.6) is 17.2 Å². The zero-order valence-corrected chi connectivity index (χ0v) is 11.4. The molecule has 10 nitrogen and oxygen atoms in total. The van der Waals surface area contributed by atoms with Gasteiger partial charge in [0.15, 0.2) is 23.0 Å². The molecule has 2 unspecified atom stereocenters. The summed E-state index contributed by atoms with van der Waals surface area (Å²) in [6, 6.07) is 1.58. The van der Waals surface area contributed by atoms with Crippen molar-refractivity contribution in [2.24, 2.45) is 0 Å². The average molecular weight is 330 g/mol. The van der Waals surface area contributed by atoms with Crippen molar-refractivity contribution >= 4 is 5.97 Å². The number of phenolic OH excluding ortho intramolecular Hbond substituents is 3. The number of carbonyl (C=O) groups excluding carboxylic acids is 1. The Hall–Kier alpha value is -2.69. The molecule has 0 amide bonds. The van der Waals surface area contributed by atoms with Crippen molar-refractivity contribution in [3.05, 3.63) is 29.2 Å². The van der Waals surface area contributed by atoms with Gasteiger partial charge in [-0.05, 0) is 12.1 Å². The highest BCUT2D eigenvalue weighted by Crippen LogP contribution is 2.36. The number of hydrogen-bond donors (Lipinski definition) is 7. The van der Waals surface area contributed by atoms with Crippen LogP contribution in [0, 0.1) is 0 Å². The van der Waals surface area contributed by atoms with E-state index in [1.165, 1.54) is 0 Å². The lowest BCUT2D eigenvalue weighted by Crippen LogP contribution is -2.44. The van der Waals surface area contributed by atoms with Gasteiger partial charge in [0.1, 0.15) is 12.2 Å². The van der Waals surface area contributed by atoms with Gasteiger partial charge in [-0.3, -0.25) is 0 Å². The minimum absolute atomic E-state index is 0.389. The molecule has 0 bridgehead atoms. The molecule has 0 saturated heterocycles. The molecular weight excluding hydrogens is 316 g/mol. The van der Waals surface area contributed by atoms with Crippen LogP contribution in [0.25, 0.3) is 0 Å². The molecule has 23 heavy (non-hydrogen) atoms. The topological polar surface area (TPSA) is 177 Å². The Morgan fingerprint density at radius 2 is 1.65 bits per heavy atom. The highest BCUT2D eigenvalue weighted by Gasteiger charge is 2.39. The van der Waals surface area contributed by atoms with Crippen molar-refractivity contribution in [3.8, 4) is 17.2 Å². The van der Waals surface area contributed by atoms with Crippen molar-refractivity contribution < 1.29 is 50.0 Å². The smallest absolute Gasteiger partial charge is 0.341 e. The molecule has 126 valence electrons. The Bertz CT molecular complexity index is 629. The maximum absolute atomic E-state index is 11.9. The number of phenols is 3.